The van der Waals surface area contributed by atoms with Crippen molar-refractivity contribution in [3.8, 4) is 0 Å². The zero-order chi connectivity index (χ0) is 16.5. The Balaban J connectivity index is 1.46. The molecular weight excluding hydrogens is 306 g/mol. The second-order valence-electron chi connectivity index (χ2n) is 5.88. The van der Waals surface area contributed by atoms with Gasteiger partial charge in [-0.25, -0.2) is 9.97 Å². The van der Waals surface area contributed by atoms with E-state index >= 15 is 0 Å². The number of hydrogen-bond acceptors (Lipinski definition) is 4. The van der Waals surface area contributed by atoms with Crippen molar-refractivity contribution in [2.75, 3.05) is 6.54 Å². The Morgan fingerprint density at radius 2 is 2.12 bits per heavy atom. The van der Waals surface area contributed by atoms with Crippen LogP contribution in [0.15, 0.2) is 41.5 Å². The number of benzene rings is 1. The highest BCUT2D eigenvalue weighted by molar-refractivity contribution is 5.77. The summed E-state index contributed by atoms with van der Waals surface area (Å²) in [5, 5.41) is 0. The predicted octanol–water partition coefficient (Wildman–Crippen LogP) is 1.09. The standard InChI is InChI=1S/C17H17N5O2/c23-16(22-10-9-21-8-7-18-15(21)11-22)6-5-14-17(24)20-13-4-2-1-3-12(13)19-14/h1-4,7-8H,5-6,9-11H2,(H,20,24). The lowest BCUT2D eigenvalue weighted by atomic mass is 10.2. The number of H-pyrrole nitrogens is 1. The van der Waals surface area contributed by atoms with Gasteiger partial charge in [0.2, 0.25) is 5.91 Å². The molecule has 7 heteroatoms. The molecule has 1 aliphatic heterocycles. The third kappa shape index (κ3) is 2.68. The molecule has 0 saturated carbocycles. The Hall–Kier alpha value is -2.96. The Bertz CT molecular complexity index is 959. The Kier molecular flexibility index (Phi) is 3.60. The van der Waals surface area contributed by atoms with Gasteiger partial charge in [-0.3, -0.25) is 9.59 Å². The molecule has 3 heterocycles. The van der Waals surface area contributed by atoms with Crippen LogP contribution in [0.5, 0.6) is 0 Å². The molecule has 7 nitrogen and oxygen atoms in total. The summed E-state index contributed by atoms with van der Waals surface area (Å²) in [7, 11) is 0. The molecule has 2 aromatic heterocycles. The molecule has 0 atom stereocenters. The number of fused-ring (bicyclic) bond motifs is 2. The van der Waals surface area contributed by atoms with E-state index in [0.29, 0.717) is 30.7 Å². The van der Waals surface area contributed by atoms with Crippen molar-refractivity contribution in [3.63, 3.8) is 0 Å². The maximum atomic E-state index is 12.4. The fourth-order valence-electron chi connectivity index (χ4n) is 3.01. The van der Waals surface area contributed by atoms with Crippen LogP contribution in [0, 0.1) is 0 Å². The fourth-order valence-corrected chi connectivity index (χ4v) is 3.01. The first-order chi connectivity index (χ1) is 11.7. The number of amides is 1. The molecule has 122 valence electrons. The summed E-state index contributed by atoms with van der Waals surface area (Å²) >= 11 is 0. The van der Waals surface area contributed by atoms with Gasteiger partial charge in [-0.05, 0) is 12.1 Å². The Morgan fingerprint density at radius 1 is 1.25 bits per heavy atom. The van der Waals surface area contributed by atoms with Gasteiger partial charge in [-0.2, -0.15) is 0 Å². The number of imidazole rings is 1. The van der Waals surface area contributed by atoms with Gasteiger partial charge in [0, 0.05) is 38.3 Å². The highest BCUT2D eigenvalue weighted by atomic mass is 16.2. The molecule has 0 bridgehead atoms. The van der Waals surface area contributed by atoms with Crippen LogP contribution in [0.25, 0.3) is 11.0 Å². The maximum absolute atomic E-state index is 12.4. The minimum absolute atomic E-state index is 0.0265. The number of aromatic nitrogens is 4. The summed E-state index contributed by atoms with van der Waals surface area (Å²) < 4.78 is 2.05. The number of carbonyl (C=O) groups excluding carboxylic acids is 1. The molecule has 1 N–H and O–H groups in total. The SMILES string of the molecule is O=C(CCc1nc2ccccc2[nH]c1=O)N1CCn2ccnc2C1. The van der Waals surface area contributed by atoms with Crippen LogP contribution in [-0.4, -0.2) is 36.9 Å². The molecule has 0 saturated heterocycles. The van der Waals surface area contributed by atoms with Gasteiger partial charge in [-0.1, -0.05) is 12.1 Å². The number of aromatic amines is 1. The fraction of sp³-hybridized carbons (Fsp3) is 0.294. The summed E-state index contributed by atoms with van der Waals surface area (Å²) in [6.45, 7) is 1.95. The minimum Gasteiger partial charge on any atom is -0.333 e. The van der Waals surface area contributed by atoms with Crippen molar-refractivity contribution in [1.29, 1.82) is 0 Å². The first-order valence-corrected chi connectivity index (χ1v) is 7.96. The van der Waals surface area contributed by atoms with Gasteiger partial charge < -0.3 is 14.5 Å². The van der Waals surface area contributed by atoms with Gasteiger partial charge in [0.25, 0.3) is 5.56 Å². The average molecular weight is 323 g/mol. The minimum atomic E-state index is -0.226. The van der Waals surface area contributed by atoms with E-state index in [1.807, 2.05) is 30.5 Å². The van der Waals surface area contributed by atoms with Crippen LogP contribution in [0.1, 0.15) is 17.9 Å². The van der Waals surface area contributed by atoms with E-state index < -0.39 is 0 Å². The van der Waals surface area contributed by atoms with Gasteiger partial charge in [-0.15, -0.1) is 0 Å². The highest BCUT2D eigenvalue weighted by Gasteiger charge is 2.21. The summed E-state index contributed by atoms with van der Waals surface area (Å²) in [6, 6.07) is 7.39. The number of hydrogen-bond donors (Lipinski definition) is 1. The third-order valence-electron chi connectivity index (χ3n) is 4.34. The number of carbonyl (C=O) groups is 1. The van der Waals surface area contributed by atoms with Crippen LogP contribution in [0.4, 0.5) is 0 Å². The second kappa shape index (κ2) is 5.92. The van der Waals surface area contributed by atoms with E-state index in [0.717, 1.165) is 17.9 Å². The molecule has 24 heavy (non-hydrogen) atoms. The molecule has 4 rings (SSSR count). The topological polar surface area (TPSA) is 83.9 Å². The molecule has 1 aliphatic rings. The highest BCUT2D eigenvalue weighted by Crippen LogP contribution is 2.12. The molecule has 0 fully saturated rings. The molecule has 0 unspecified atom stereocenters. The number of aryl methyl sites for hydroxylation is 1. The first-order valence-electron chi connectivity index (χ1n) is 7.96. The van der Waals surface area contributed by atoms with Crippen molar-refractivity contribution in [1.82, 2.24) is 24.4 Å². The number of para-hydroxylation sites is 2. The smallest absolute Gasteiger partial charge is 0.270 e. The molecule has 0 radical (unpaired) electrons. The van der Waals surface area contributed by atoms with Crippen LogP contribution in [-0.2, 0) is 24.3 Å². The average Bonchev–Trinajstić information content (AvgIpc) is 3.07. The van der Waals surface area contributed by atoms with E-state index in [4.69, 9.17) is 0 Å². The van der Waals surface area contributed by atoms with E-state index in [2.05, 4.69) is 19.5 Å². The molecule has 1 amide bonds. The Morgan fingerprint density at radius 3 is 3.04 bits per heavy atom. The Labute approximate surface area is 138 Å². The van der Waals surface area contributed by atoms with E-state index in [1.54, 1.807) is 11.1 Å². The molecular formula is C17H17N5O2. The van der Waals surface area contributed by atoms with E-state index in [9.17, 15) is 9.59 Å². The first kappa shape index (κ1) is 14.6. The normalized spacial score (nSPS) is 13.9. The van der Waals surface area contributed by atoms with Crippen molar-refractivity contribution in [3.05, 3.63) is 58.5 Å². The number of nitrogens with zero attached hydrogens (tertiary/aromatic N) is 4. The van der Waals surface area contributed by atoms with Crippen LogP contribution < -0.4 is 5.56 Å². The van der Waals surface area contributed by atoms with Crippen LogP contribution in [0.3, 0.4) is 0 Å². The second-order valence-corrected chi connectivity index (χ2v) is 5.88. The van der Waals surface area contributed by atoms with Gasteiger partial charge in [0.05, 0.1) is 17.6 Å². The molecule has 0 spiro atoms. The van der Waals surface area contributed by atoms with E-state index in [-0.39, 0.29) is 17.9 Å². The number of nitrogens with one attached hydrogen (secondary N) is 1. The van der Waals surface area contributed by atoms with Crippen molar-refractivity contribution < 1.29 is 4.79 Å². The summed E-state index contributed by atoms with van der Waals surface area (Å²) in [4.78, 5) is 37.8. The van der Waals surface area contributed by atoms with Crippen molar-refractivity contribution >= 4 is 16.9 Å². The monoisotopic (exact) mass is 323 g/mol. The van der Waals surface area contributed by atoms with E-state index in [1.165, 1.54) is 0 Å². The quantitative estimate of drug-likeness (QED) is 0.782. The summed E-state index contributed by atoms with van der Waals surface area (Å²) in [5.74, 6) is 0.926. The summed E-state index contributed by atoms with van der Waals surface area (Å²) in [5.41, 5.74) is 1.62. The largest absolute Gasteiger partial charge is 0.333 e. The maximum Gasteiger partial charge on any atom is 0.270 e. The van der Waals surface area contributed by atoms with Gasteiger partial charge in [0.15, 0.2) is 0 Å². The van der Waals surface area contributed by atoms with Gasteiger partial charge in [0.1, 0.15) is 11.5 Å². The zero-order valence-corrected chi connectivity index (χ0v) is 13.1. The van der Waals surface area contributed by atoms with Crippen molar-refractivity contribution in [2.24, 2.45) is 0 Å². The molecule has 3 aromatic rings. The van der Waals surface area contributed by atoms with Crippen molar-refractivity contribution in [2.45, 2.75) is 25.9 Å². The predicted molar refractivity (Wildman–Crippen MR) is 88.3 cm³/mol. The van der Waals surface area contributed by atoms with Crippen LogP contribution >= 0.6 is 0 Å². The zero-order valence-electron chi connectivity index (χ0n) is 13.1. The molecule has 0 aliphatic carbocycles. The number of rotatable bonds is 3. The lowest BCUT2D eigenvalue weighted by molar-refractivity contribution is -0.132. The lowest BCUT2D eigenvalue weighted by Gasteiger charge is -2.27. The molecule has 1 aromatic carbocycles. The lowest BCUT2D eigenvalue weighted by Crippen LogP contribution is -2.38. The van der Waals surface area contributed by atoms with Crippen LogP contribution in [0.2, 0.25) is 0 Å². The summed E-state index contributed by atoms with van der Waals surface area (Å²) in [6.07, 6.45) is 4.29. The van der Waals surface area contributed by atoms with Gasteiger partial charge >= 0.3 is 0 Å². The third-order valence-corrected chi connectivity index (χ3v) is 4.34.